The van der Waals surface area contributed by atoms with Gasteiger partial charge < -0.3 is 5.73 Å². The fourth-order valence-electron chi connectivity index (χ4n) is 2.12. The molecule has 1 rings (SSSR count). The second-order valence-corrected chi connectivity index (χ2v) is 6.34. The number of unbranched alkanes of at least 4 members (excludes halogenated alkanes) is 7. The maximum absolute atomic E-state index is 5.47. The van der Waals surface area contributed by atoms with Gasteiger partial charge in [0.05, 0.1) is 0 Å². The average Bonchev–Trinajstić information content (AvgIpc) is 2.42. The molecule has 0 aliphatic carbocycles. The van der Waals surface area contributed by atoms with E-state index in [2.05, 4.69) is 30.3 Å². The van der Waals surface area contributed by atoms with Gasteiger partial charge >= 0.3 is 0 Å². The second-order valence-electron chi connectivity index (χ2n) is 4.91. The molecule has 2 N–H and O–H groups in total. The van der Waals surface area contributed by atoms with Crippen molar-refractivity contribution in [1.29, 1.82) is 0 Å². The molecule has 1 atom stereocenters. The largest absolute Gasteiger partial charge is 0.330 e. The van der Waals surface area contributed by atoms with Crippen LogP contribution in [-0.2, 0) is 0 Å². The van der Waals surface area contributed by atoms with Crippen molar-refractivity contribution in [3.8, 4) is 0 Å². The summed E-state index contributed by atoms with van der Waals surface area (Å²) in [6, 6.07) is 10.9. The van der Waals surface area contributed by atoms with Crippen LogP contribution < -0.4 is 11.0 Å². The van der Waals surface area contributed by atoms with Gasteiger partial charge in [0.1, 0.15) is 0 Å². The second kappa shape index (κ2) is 11.7. The Bertz CT molecular complexity index is 274. The van der Waals surface area contributed by atoms with Crippen molar-refractivity contribution >= 4 is 13.9 Å². The number of hydrogen-bond acceptors (Lipinski definition) is 1. The van der Waals surface area contributed by atoms with E-state index in [0.717, 1.165) is 15.1 Å². The van der Waals surface area contributed by atoms with E-state index in [1.807, 2.05) is 0 Å². The van der Waals surface area contributed by atoms with Gasteiger partial charge in [-0.15, -0.1) is 0 Å². The molecule has 0 aliphatic heterocycles. The van der Waals surface area contributed by atoms with E-state index in [0.29, 0.717) is 0 Å². The van der Waals surface area contributed by atoms with Crippen molar-refractivity contribution in [2.75, 3.05) is 12.7 Å². The molecule has 0 spiro atoms. The highest BCUT2D eigenvalue weighted by Crippen LogP contribution is 2.15. The average molecular weight is 265 g/mol. The van der Waals surface area contributed by atoms with Gasteiger partial charge in [0.15, 0.2) is 0 Å². The molecular formula is C16H28NP. The predicted octanol–water partition coefficient (Wildman–Crippen LogP) is 4.07. The van der Waals surface area contributed by atoms with E-state index in [-0.39, 0.29) is 0 Å². The summed E-state index contributed by atoms with van der Waals surface area (Å²) in [5.41, 5.74) is 5.47. The summed E-state index contributed by atoms with van der Waals surface area (Å²) in [5, 5.41) is 1.51. The molecule has 1 aromatic carbocycles. The first-order valence-electron chi connectivity index (χ1n) is 7.42. The lowest BCUT2D eigenvalue weighted by Crippen LogP contribution is -1.97. The van der Waals surface area contributed by atoms with Gasteiger partial charge in [0, 0.05) is 0 Å². The predicted molar refractivity (Wildman–Crippen MR) is 85.2 cm³/mol. The molecule has 0 aromatic heterocycles. The maximum atomic E-state index is 5.47. The summed E-state index contributed by atoms with van der Waals surface area (Å²) in [4.78, 5) is 0. The third-order valence-electron chi connectivity index (χ3n) is 3.23. The molecule has 0 saturated heterocycles. The fourth-order valence-corrected chi connectivity index (χ4v) is 3.26. The Hall–Kier alpha value is -0.390. The highest BCUT2D eigenvalue weighted by atomic mass is 31.1. The number of nitrogens with two attached hydrogens (primary N) is 1. The van der Waals surface area contributed by atoms with Gasteiger partial charge in [-0.1, -0.05) is 77.4 Å². The van der Waals surface area contributed by atoms with E-state index in [1.165, 1.54) is 62.8 Å². The Kier molecular flexibility index (Phi) is 10.2. The Labute approximate surface area is 114 Å². The first-order chi connectivity index (χ1) is 8.93. The molecule has 0 bridgehead atoms. The van der Waals surface area contributed by atoms with Gasteiger partial charge in [0.25, 0.3) is 0 Å². The minimum absolute atomic E-state index is 0.862. The monoisotopic (exact) mass is 265 g/mol. The van der Waals surface area contributed by atoms with Gasteiger partial charge in [-0.3, -0.25) is 0 Å². The number of rotatable bonds is 11. The third kappa shape index (κ3) is 8.66. The zero-order valence-electron chi connectivity index (χ0n) is 11.5. The van der Waals surface area contributed by atoms with Crippen molar-refractivity contribution in [1.82, 2.24) is 0 Å². The van der Waals surface area contributed by atoms with Gasteiger partial charge in [-0.25, -0.2) is 0 Å². The Morgan fingerprint density at radius 3 is 1.89 bits per heavy atom. The first kappa shape index (κ1) is 15.7. The van der Waals surface area contributed by atoms with E-state index in [1.54, 1.807) is 0 Å². The summed E-state index contributed by atoms with van der Waals surface area (Å²) < 4.78 is 0. The van der Waals surface area contributed by atoms with E-state index >= 15 is 0 Å². The fraction of sp³-hybridized carbons (Fsp3) is 0.625. The van der Waals surface area contributed by atoms with Crippen LogP contribution in [-0.4, -0.2) is 12.7 Å². The molecule has 1 unspecified atom stereocenters. The Morgan fingerprint density at radius 1 is 0.722 bits per heavy atom. The minimum atomic E-state index is 0.862. The molecule has 18 heavy (non-hydrogen) atoms. The van der Waals surface area contributed by atoms with Crippen LogP contribution in [0.15, 0.2) is 30.3 Å². The molecule has 2 heteroatoms. The summed E-state index contributed by atoms with van der Waals surface area (Å²) >= 11 is 0. The minimum Gasteiger partial charge on any atom is -0.330 e. The van der Waals surface area contributed by atoms with Crippen LogP contribution in [0.25, 0.3) is 0 Å². The third-order valence-corrected chi connectivity index (χ3v) is 4.58. The standard InChI is InChI=1S/C16H28NP/c17-14-10-5-3-1-2-4-6-11-15-18-16-12-8-7-9-13-16/h7-9,12-13,18H,1-6,10-11,14-15,17H2. The summed E-state index contributed by atoms with van der Waals surface area (Å²) in [6.07, 6.45) is 12.3. The van der Waals surface area contributed by atoms with E-state index in [4.69, 9.17) is 5.73 Å². The lowest BCUT2D eigenvalue weighted by Gasteiger charge is -2.03. The van der Waals surface area contributed by atoms with Crippen LogP contribution in [0.3, 0.4) is 0 Å². The topological polar surface area (TPSA) is 26.0 Å². The highest BCUT2D eigenvalue weighted by Gasteiger charge is 1.94. The quantitative estimate of drug-likeness (QED) is 0.473. The molecule has 1 aromatic rings. The highest BCUT2D eigenvalue weighted by molar-refractivity contribution is 7.47. The van der Waals surface area contributed by atoms with Crippen LogP contribution in [0.1, 0.15) is 51.4 Å². The van der Waals surface area contributed by atoms with Crippen molar-refractivity contribution in [2.45, 2.75) is 51.4 Å². The van der Waals surface area contributed by atoms with Crippen molar-refractivity contribution in [3.05, 3.63) is 30.3 Å². The molecule has 0 aliphatic rings. The van der Waals surface area contributed by atoms with E-state index < -0.39 is 0 Å². The summed E-state index contributed by atoms with van der Waals surface area (Å²) in [5.74, 6) is 0. The maximum Gasteiger partial charge on any atom is -0.00773 e. The summed E-state index contributed by atoms with van der Waals surface area (Å²) in [7, 11) is 1.00. The lowest BCUT2D eigenvalue weighted by atomic mass is 10.1. The van der Waals surface area contributed by atoms with E-state index in [9.17, 15) is 0 Å². The van der Waals surface area contributed by atoms with Gasteiger partial charge in [-0.05, 0) is 30.9 Å². The van der Waals surface area contributed by atoms with Crippen molar-refractivity contribution in [2.24, 2.45) is 5.73 Å². The zero-order chi connectivity index (χ0) is 12.9. The molecule has 1 nitrogen and oxygen atoms in total. The lowest BCUT2D eigenvalue weighted by molar-refractivity contribution is 0.579. The molecule has 0 fully saturated rings. The van der Waals surface area contributed by atoms with Crippen LogP contribution in [0.2, 0.25) is 0 Å². The molecule has 0 radical (unpaired) electrons. The number of benzene rings is 1. The smallest absolute Gasteiger partial charge is 0.00773 e. The van der Waals surface area contributed by atoms with Crippen molar-refractivity contribution < 1.29 is 0 Å². The normalized spacial score (nSPS) is 11.4. The van der Waals surface area contributed by atoms with Crippen LogP contribution >= 0.6 is 8.58 Å². The molecule has 0 amide bonds. The Balaban J connectivity index is 1.82. The number of hydrogen-bond donors (Lipinski definition) is 1. The van der Waals surface area contributed by atoms with Crippen LogP contribution in [0, 0.1) is 0 Å². The van der Waals surface area contributed by atoms with Crippen LogP contribution in [0.5, 0.6) is 0 Å². The molecule has 0 heterocycles. The first-order valence-corrected chi connectivity index (χ1v) is 8.63. The molecule has 0 saturated carbocycles. The van der Waals surface area contributed by atoms with Crippen LogP contribution in [0.4, 0.5) is 0 Å². The SMILES string of the molecule is NCCCCCCCCCCPc1ccccc1. The van der Waals surface area contributed by atoms with Gasteiger partial charge in [0.2, 0.25) is 0 Å². The van der Waals surface area contributed by atoms with Crippen molar-refractivity contribution in [3.63, 3.8) is 0 Å². The molecular weight excluding hydrogens is 237 g/mol. The van der Waals surface area contributed by atoms with Gasteiger partial charge in [-0.2, -0.15) is 0 Å². The Morgan fingerprint density at radius 2 is 1.28 bits per heavy atom. The summed E-state index contributed by atoms with van der Waals surface area (Å²) in [6.45, 7) is 0.862. The zero-order valence-corrected chi connectivity index (χ0v) is 12.5. The molecule has 102 valence electrons.